The average Bonchev–Trinajstić information content (AvgIpc) is 3.34. The van der Waals surface area contributed by atoms with Gasteiger partial charge in [0.25, 0.3) is 0 Å². The first-order valence-electron chi connectivity index (χ1n) is 11.0. The highest BCUT2D eigenvalue weighted by molar-refractivity contribution is 5.79. The van der Waals surface area contributed by atoms with Gasteiger partial charge < -0.3 is 19.7 Å². The number of aliphatic hydroxyl groups excluding tert-OH is 1. The number of aryl methyl sites for hydroxylation is 1. The second-order valence-corrected chi connectivity index (χ2v) is 8.21. The summed E-state index contributed by atoms with van der Waals surface area (Å²) in [5.74, 6) is -0.604. The quantitative estimate of drug-likeness (QED) is 0.416. The van der Waals surface area contributed by atoms with E-state index in [-0.39, 0.29) is 18.4 Å². The van der Waals surface area contributed by atoms with Crippen LogP contribution in [0.3, 0.4) is 0 Å². The Hall–Kier alpha value is -2.86. The molecule has 1 aliphatic rings. The molecule has 0 spiro atoms. The number of hydrogen-bond donors (Lipinski definition) is 2. The average molecular weight is 425 g/mol. The summed E-state index contributed by atoms with van der Waals surface area (Å²) in [4.78, 5) is 24.7. The van der Waals surface area contributed by atoms with Crippen molar-refractivity contribution >= 4 is 11.9 Å². The molecule has 1 aromatic heterocycles. The van der Waals surface area contributed by atoms with Gasteiger partial charge in [0.2, 0.25) is 5.91 Å². The van der Waals surface area contributed by atoms with Crippen LogP contribution >= 0.6 is 0 Å². The normalized spacial score (nSPS) is 17.5. The molecule has 2 N–H and O–H groups in total. The Balaban J connectivity index is 1.55. The lowest BCUT2D eigenvalue weighted by atomic mass is 10.0. The number of carboxylic acid groups (broad SMARTS) is 1. The monoisotopic (exact) mass is 424 g/mol. The van der Waals surface area contributed by atoms with Gasteiger partial charge in [-0.2, -0.15) is 0 Å². The van der Waals surface area contributed by atoms with Gasteiger partial charge in [0.15, 0.2) is 0 Å². The van der Waals surface area contributed by atoms with Crippen LogP contribution in [0.15, 0.2) is 54.7 Å². The van der Waals surface area contributed by atoms with Crippen molar-refractivity contribution in [2.45, 2.75) is 57.1 Å². The molecular weight excluding hydrogens is 392 g/mol. The SMILES string of the molecule is Cn1cccc1-c1cccc(C(O)C=C[C@H]2CCC(=O)N2CCCCCCC(=O)O)c1. The summed E-state index contributed by atoms with van der Waals surface area (Å²) in [5, 5.41) is 19.4. The van der Waals surface area contributed by atoms with E-state index in [1.165, 1.54) is 0 Å². The van der Waals surface area contributed by atoms with Gasteiger partial charge in [0, 0.05) is 38.3 Å². The van der Waals surface area contributed by atoms with Crippen molar-refractivity contribution in [3.8, 4) is 11.3 Å². The number of aromatic nitrogens is 1. The zero-order valence-electron chi connectivity index (χ0n) is 18.1. The van der Waals surface area contributed by atoms with E-state index in [0.717, 1.165) is 42.5 Å². The van der Waals surface area contributed by atoms with Crippen LogP contribution in [0, 0.1) is 0 Å². The standard InChI is InChI=1S/C25H32N2O4/c1-26-16-7-10-22(26)19-8-6-9-20(18-19)23(28)14-12-21-13-15-24(29)27(21)17-5-3-2-4-11-25(30)31/h6-10,12,14,16,18,21,23,28H,2-5,11,13,15,17H2,1H3,(H,30,31)/t21-,23?/m0/s1. The molecule has 2 aromatic rings. The maximum atomic E-state index is 12.3. The molecule has 2 atom stereocenters. The maximum Gasteiger partial charge on any atom is 0.303 e. The Labute approximate surface area is 183 Å². The topological polar surface area (TPSA) is 82.8 Å². The Morgan fingerprint density at radius 3 is 2.74 bits per heavy atom. The lowest BCUT2D eigenvalue weighted by Gasteiger charge is -2.22. The van der Waals surface area contributed by atoms with Crippen LogP contribution in [0.25, 0.3) is 11.3 Å². The number of hydrogen-bond acceptors (Lipinski definition) is 3. The number of amides is 1. The highest BCUT2D eigenvalue weighted by Gasteiger charge is 2.28. The molecule has 1 unspecified atom stereocenters. The second kappa shape index (κ2) is 11.0. The van der Waals surface area contributed by atoms with E-state index in [9.17, 15) is 14.7 Å². The van der Waals surface area contributed by atoms with Gasteiger partial charge in [0.05, 0.1) is 12.1 Å². The molecule has 0 radical (unpaired) electrons. The molecule has 6 heteroatoms. The van der Waals surface area contributed by atoms with E-state index in [4.69, 9.17) is 5.11 Å². The van der Waals surface area contributed by atoms with Gasteiger partial charge in [-0.1, -0.05) is 43.2 Å². The van der Waals surface area contributed by atoms with Crippen molar-refractivity contribution in [2.75, 3.05) is 6.54 Å². The van der Waals surface area contributed by atoms with Gasteiger partial charge in [-0.25, -0.2) is 0 Å². The summed E-state index contributed by atoms with van der Waals surface area (Å²) in [6.07, 6.45) is 9.85. The fourth-order valence-corrected chi connectivity index (χ4v) is 4.15. The van der Waals surface area contributed by atoms with Gasteiger partial charge in [0.1, 0.15) is 0 Å². The number of likely N-dealkylation sites (tertiary alicyclic amines) is 1. The fraction of sp³-hybridized carbons (Fsp3) is 0.440. The molecule has 0 aliphatic carbocycles. The summed E-state index contributed by atoms with van der Waals surface area (Å²) < 4.78 is 2.05. The molecule has 6 nitrogen and oxygen atoms in total. The smallest absolute Gasteiger partial charge is 0.303 e. The van der Waals surface area contributed by atoms with Crippen molar-refractivity contribution in [3.05, 3.63) is 60.3 Å². The van der Waals surface area contributed by atoms with Gasteiger partial charge in [-0.3, -0.25) is 9.59 Å². The minimum Gasteiger partial charge on any atom is -0.481 e. The third-order valence-corrected chi connectivity index (χ3v) is 5.90. The third kappa shape index (κ3) is 6.31. The number of nitrogens with zero attached hydrogens (tertiary/aromatic N) is 2. The van der Waals surface area contributed by atoms with E-state index >= 15 is 0 Å². The molecule has 0 bridgehead atoms. The predicted molar refractivity (Wildman–Crippen MR) is 120 cm³/mol. The first-order chi connectivity index (χ1) is 15.0. The Morgan fingerprint density at radius 2 is 2.00 bits per heavy atom. The molecule has 2 heterocycles. The number of aliphatic carboxylic acids is 1. The lowest BCUT2D eigenvalue weighted by molar-refractivity contribution is -0.137. The molecular formula is C25H32N2O4. The maximum absolute atomic E-state index is 12.3. The molecule has 166 valence electrons. The zero-order chi connectivity index (χ0) is 22.2. The van der Waals surface area contributed by atoms with Crippen LogP contribution in [-0.2, 0) is 16.6 Å². The number of aliphatic hydroxyl groups is 1. The van der Waals surface area contributed by atoms with Crippen LogP contribution in [0.1, 0.15) is 56.6 Å². The van der Waals surface area contributed by atoms with Crippen LogP contribution in [0.2, 0.25) is 0 Å². The number of carboxylic acids is 1. The van der Waals surface area contributed by atoms with E-state index in [1.54, 1.807) is 6.08 Å². The largest absolute Gasteiger partial charge is 0.481 e. The van der Waals surface area contributed by atoms with Crippen LogP contribution in [-0.4, -0.2) is 44.1 Å². The minimum atomic E-state index is -0.757. The summed E-state index contributed by atoms with van der Waals surface area (Å²) >= 11 is 0. The molecule has 0 saturated carbocycles. The first-order valence-corrected chi connectivity index (χ1v) is 11.0. The molecule has 1 fully saturated rings. The molecule has 1 amide bonds. The van der Waals surface area contributed by atoms with Crippen LogP contribution in [0.5, 0.6) is 0 Å². The fourth-order valence-electron chi connectivity index (χ4n) is 4.15. The highest BCUT2D eigenvalue weighted by atomic mass is 16.4. The van der Waals surface area contributed by atoms with Crippen molar-refractivity contribution in [3.63, 3.8) is 0 Å². The zero-order valence-corrected chi connectivity index (χ0v) is 18.1. The molecule has 1 aliphatic heterocycles. The van der Waals surface area contributed by atoms with Gasteiger partial charge in [-0.05, 0) is 48.6 Å². The van der Waals surface area contributed by atoms with E-state index < -0.39 is 12.1 Å². The van der Waals surface area contributed by atoms with E-state index in [0.29, 0.717) is 19.4 Å². The summed E-state index contributed by atoms with van der Waals surface area (Å²) in [5.41, 5.74) is 2.97. The van der Waals surface area contributed by atoms with Gasteiger partial charge >= 0.3 is 5.97 Å². The molecule has 3 rings (SSSR count). The van der Waals surface area contributed by atoms with Crippen molar-refractivity contribution in [1.29, 1.82) is 0 Å². The van der Waals surface area contributed by atoms with Gasteiger partial charge in [-0.15, -0.1) is 0 Å². The van der Waals surface area contributed by atoms with Crippen molar-refractivity contribution < 1.29 is 19.8 Å². The summed E-state index contributed by atoms with van der Waals surface area (Å²) in [6.45, 7) is 0.681. The Kier molecular flexibility index (Phi) is 8.06. The van der Waals surface area contributed by atoms with Crippen LogP contribution < -0.4 is 0 Å². The molecule has 1 aromatic carbocycles. The number of carbonyl (C=O) groups excluding carboxylic acids is 1. The Morgan fingerprint density at radius 1 is 1.19 bits per heavy atom. The van der Waals surface area contributed by atoms with E-state index in [2.05, 4.69) is 0 Å². The number of rotatable bonds is 11. The Bertz CT molecular complexity index is 918. The molecule has 1 saturated heterocycles. The predicted octanol–water partition coefficient (Wildman–Crippen LogP) is 4.31. The van der Waals surface area contributed by atoms with Crippen molar-refractivity contribution in [2.24, 2.45) is 7.05 Å². The van der Waals surface area contributed by atoms with E-state index in [1.807, 2.05) is 65.2 Å². The lowest BCUT2D eigenvalue weighted by Crippen LogP contribution is -2.32. The summed E-state index contributed by atoms with van der Waals surface area (Å²) in [6, 6.07) is 11.9. The summed E-state index contributed by atoms with van der Waals surface area (Å²) in [7, 11) is 2.00. The first kappa shape index (κ1) is 22.8. The number of benzene rings is 1. The second-order valence-electron chi connectivity index (χ2n) is 8.21. The molecule has 31 heavy (non-hydrogen) atoms. The number of unbranched alkanes of at least 4 members (excludes halogenated alkanes) is 3. The van der Waals surface area contributed by atoms with Crippen LogP contribution in [0.4, 0.5) is 0 Å². The van der Waals surface area contributed by atoms with Crippen molar-refractivity contribution in [1.82, 2.24) is 9.47 Å². The highest BCUT2D eigenvalue weighted by Crippen LogP contribution is 2.26. The minimum absolute atomic E-state index is 0.0113. The third-order valence-electron chi connectivity index (χ3n) is 5.90. The number of carbonyl (C=O) groups is 2.